The van der Waals surface area contributed by atoms with Gasteiger partial charge >= 0.3 is 0 Å². The Kier molecular flexibility index (Phi) is 3.92. The largest absolute Gasteiger partial charge is 0.495 e. The summed E-state index contributed by atoms with van der Waals surface area (Å²) >= 11 is 6.49. The van der Waals surface area contributed by atoms with Crippen molar-refractivity contribution >= 4 is 29.4 Å². The summed E-state index contributed by atoms with van der Waals surface area (Å²) in [4.78, 5) is 8.06. The molecule has 1 aliphatic heterocycles. The zero-order valence-corrected chi connectivity index (χ0v) is 14.6. The Morgan fingerprint density at radius 2 is 2.12 bits per heavy atom. The molecule has 2 aromatic rings. The smallest absolute Gasteiger partial charge is 0.221 e. The third kappa shape index (κ3) is 2.98. The molecule has 0 spiro atoms. The Morgan fingerprint density at radius 1 is 1.32 bits per heavy atom. The van der Waals surface area contributed by atoms with E-state index in [1.165, 1.54) is 12.8 Å². The standard InChI is InChI=1S/C18H19ClN4O2/c1-24-14-7-10(6-11-8-22-18(21)23-17(11)20)12-4-5-13(9-2-3-9)25-16(12)15(14)19/h4-5,7-9,13H,2-3,6H2,1H3,(H4,20,21,22,23). The van der Waals surface area contributed by atoms with Gasteiger partial charge in [0.2, 0.25) is 5.95 Å². The van der Waals surface area contributed by atoms with Crippen LogP contribution >= 0.6 is 11.6 Å². The van der Waals surface area contributed by atoms with Crippen LogP contribution in [-0.4, -0.2) is 23.2 Å². The van der Waals surface area contributed by atoms with Crippen LogP contribution in [-0.2, 0) is 6.42 Å². The number of nitrogens with zero attached hydrogens (tertiary/aromatic N) is 2. The molecule has 1 fully saturated rings. The number of methoxy groups -OCH3 is 1. The molecule has 4 rings (SSSR count). The van der Waals surface area contributed by atoms with Gasteiger partial charge in [-0.05, 0) is 36.5 Å². The first-order valence-corrected chi connectivity index (χ1v) is 8.55. The summed E-state index contributed by atoms with van der Waals surface area (Å²) in [7, 11) is 1.59. The van der Waals surface area contributed by atoms with E-state index in [2.05, 4.69) is 22.1 Å². The van der Waals surface area contributed by atoms with E-state index in [-0.39, 0.29) is 12.1 Å². The fourth-order valence-electron chi connectivity index (χ4n) is 3.09. The van der Waals surface area contributed by atoms with Crippen molar-refractivity contribution in [3.63, 3.8) is 0 Å². The molecule has 25 heavy (non-hydrogen) atoms. The van der Waals surface area contributed by atoms with E-state index in [4.69, 9.17) is 32.5 Å². The first kappa shape index (κ1) is 16.0. The van der Waals surface area contributed by atoms with Gasteiger partial charge in [-0.25, -0.2) is 4.98 Å². The SMILES string of the molecule is COc1cc(Cc2cnc(N)nc2N)c2c(c1Cl)OC(C1CC1)C=C2. The molecule has 1 saturated carbocycles. The summed E-state index contributed by atoms with van der Waals surface area (Å²) < 4.78 is 11.6. The summed E-state index contributed by atoms with van der Waals surface area (Å²) in [5.41, 5.74) is 14.3. The van der Waals surface area contributed by atoms with Gasteiger partial charge in [0.15, 0.2) is 0 Å². The Morgan fingerprint density at radius 3 is 2.80 bits per heavy atom. The van der Waals surface area contributed by atoms with Crippen LogP contribution in [0.2, 0.25) is 5.02 Å². The molecule has 1 unspecified atom stereocenters. The van der Waals surface area contributed by atoms with Gasteiger partial charge in [-0.15, -0.1) is 0 Å². The second kappa shape index (κ2) is 6.11. The van der Waals surface area contributed by atoms with E-state index in [1.54, 1.807) is 13.3 Å². The van der Waals surface area contributed by atoms with Crippen molar-refractivity contribution < 1.29 is 9.47 Å². The molecule has 2 heterocycles. The molecule has 4 N–H and O–H groups in total. The van der Waals surface area contributed by atoms with Gasteiger partial charge in [0.05, 0.1) is 7.11 Å². The van der Waals surface area contributed by atoms with Gasteiger partial charge in [-0.2, -0.15) is 4.98 Å². The number of benzene rings is 1. The number of nitrogens with two attached hydrogens (primary N) is 2. The second-order valence-electron chi connectivity index (χ2n) is 6.39. The highest BCUT2D eigenvalue weighted by Crippen LogP contribution is 2.46. The van der Waals surface area contributed by atoms with Crippen LogP contribution in [0.25, 0.3) is 6.08 Å². The fraction of sp³-hybridized carbons (Fsp3) is 0.333. The van der Waals surface area contributed by atoms with Crippen LogP contribution in [0.15, 0.2) is 18.3 Å². The van der Waals surface area contributed by atoms with Crippen LogP contribution in [0.4, 0.5) is 11.8 Å². The molecule has 2 aliphatic rings. The summed E-state index contributed by atoms with van der Waals surface area (Å²) in [5, 5.41) is 0.498. The number of fused-ring (bicyclic) bond motifs is 1. The van der Waals surface area contributed by atoms with E-state index in [1.807, 2.05) is 6.07 Å². The fourth-order valence-corrected chi connectivity index (χ4v) is 3.37. The molecule has 0 saturated heterocycles. The number of hydrogen-bond acceptors (Lipinski definition) is 6. The molecule has 0 bridgehead atoms. The minimum absolute atomic E-state index is 0.0786. The maximum atomic E-state index is 6.49. The molecule has 1 aromatic heterocycles. The van der Waals surface area contributed by atoms with Crippen LogP contribution in [0.5, 0.6) is 11.5 Å². The zero-order chi connectivity index (χ0) is 17.6. The number of rotatable bonds is 4. The number of nitrogen functional groups attached to an aromatic ring is 2. The molecule has 1 atom stereocenters. The monoisotopic (exact) mass is 358 g/mol. The molecular weight excluding hydrogens is 340 g/mol. The van der Waals surface area contributed by atoms with E-state index in [0.29, 0.717) is 34.7 Å². The third-order valence-electron chi connectivity index (χ3n) is 4.62. The highest BCUT2D eigenvalue weighted by Gasteiger charge is 2.34. The van der Waals surface area contributed by atoms with E-state index in [0.717, 1.165) is 16.7 Å². The lowest BCUT2D eigenvalue weighted by Gasteiger charge is -2.25. The van der Waals surface area contributed by atoms with Gasteiger partial charge in [-0.3, -0.25) is 0 Å². The molecule has 7 heteroatoms. The maximum Gasteiger partial charge on any atom is 0.221 e. The van der Waals surface area contributed by atoms with Gasteiger partial charge < -0.3 is 20.9 Å². The normalized spacial score (nSPS) is 18.6. The number of anilines is 2. The van der Waals surface area contributed by atoms with Gasteiger partial charge in [-0.1, -0.05) is 17.7 Å². The predicted octanol–water partition coefficient (Wildman–Crippen LogP) is 3.08. The minimum Gasteiger partial charge on any atom is -0.495 e. The van der Waals surface area contributed by atoms with Crippen molar-refractivity contribution in [1.29, 1.82) is 0 Å². The maximum absolute atomic E-state index is 6.49. The average Bonchev–Trinajstić information content (AvgIpc) is 3.44. The summed E-state index contributed by atoms with van der Waals surface area (Å²) in [6.45, 7) is 0. The lowest BCUT2D eigenvalue weighted by Crippen LogP contribution is -2.20. The second-order valence-corrected chi connectivity index (χ2v) is 6.77. The van der Waals surface area contributed by atoms with Crippen molar-refractivity contribution in [1.82, 2.24) is 9.97 Å². The van der Waals surface area contributed by atoms with E-state index < -0.39 is 0 Å². The van der Waals surface area contributed by atoms with Gasteiger partial charge in [0.1, 0.15) is 28.4 Å². The topological polar surface area (TPSA) is 96.3 Å². The van der Waals surface area contributed by atoms with Crippen molar-refractivity contribution in [3.05, 3.63) is 40.1 Å². The number of aromatic nitrogens is 2. The van der Waals surface area contributed by atoms with Crippen molar-refractivity contribution in [2.24, 2.45) is 5.92 Å². The first-order valence-electron chi connectivity index (χ1n) is 8.18. The molecule has 130 valence electrons. The molecule has 1 aliphatic carbocycles. The van der Waals surface area contributed by atoms with Crippen molar-refractivity contribution in [3.8, 4) is 11.5 Å². The minimum atomic E-state index is 0.0786. The lowest BCUT2D eigenvalue weighted by atomic mass is 9.96. The Bertz CT molecular complexity index is 865. The predicted molar refractivity (Wildman–Crippen MR) is 97.8 cm³/mol. The van der Waals surface area contributed by atoms with Crippen LogP contribution < -0.4 is 20.9 Å². The van der Waals surface area contributed by atoms with E-state index >= 15 is 0 Å². The highest BCUT2D eigenvalue weighted by molar-refractivity contribution is 6.34. The molecule has 0 amide bonds. The van der Waals surface area contributed by atoms with Crippen LogP contribution in [0, 0.1) is 5.92 Å². The molecule has 0 radical (unpaired) electrons. The summed E-state index contributed by atoms with van der Waals surface area (Å²) in [6, 6.07) is 1.90. The van der Waals surface area contributed by atoms with Crippen molar-refractivity contribution in [2.45, 2.75) is 25.4 Å². The third-order valence-corrected chi connectivity index (χ3v) is 4.98. The summed E-state index contributed by atoms with van der Waals surface area (Å²) in [5.74, 6) is 2.36. The number of ether oxygens (including phenoxy) is 2. The van der Waals surface area contributed by atoms with Crippen LogP contribution in [0.1, 0.15) is 29.5 Å². The van der Waals surface area contributed by atoms with Crippen LogP contribution in [0.3, 0.4) is 0 Å². The van der Waals surface area contributed by atoms with Gasteiger partial charge in [0, 0.05) is 23.7 Å². The quantitative estimate of drug-likeness (QED) is 0.871. The number of hydrogen-bond donors (Lipinski definition) is 2. The summed E-state index contributed by atoms with van der Waals surface area (Å²) in [6.07, 6.45) is 8.83. The lowest BCUT2D eigenvalue weighted by molar-refractivity contribution is 0.221. The average molecular weight is 359 g/mol. The molecule has 1 aromatic carbocycles. The number of halogens is 1. The zero-order valence-electron chi connectivity index (χ0n) is 13.8. The molecular formula is C18H19ClN4O2. The molecule has 6 nitrogen and oxygen atoms in total. The Balaban J connectivity index is 1.76. The Labute approximate surface area is 150 Å². The van der Waals surface area contributed by atoms with Crippen molar-refractivity contribution in [2.75, 3.05) is 18.6 Å². The highest BCUT2D eigenvalue weighted by atomic mass is 35.5. The van der Waals surface area contributed by atoms with Gasteiger partial charge in [0.25, 0.3) is 0 Å². The Hall–Kier alpha value is -2.47. The van der Waals surface area contributed by atoms with E-state index in [9.17, 15) is 0 Å². The first-order chi connectivity index (χ1) is 12.1.